The lowest BCUT2D eigenvalue weighted by molar-refractivity contribution is 0.335. The molecule has 56 valence electrons. The van der Waals surface area contributed by atoms with Crippen molar-refractivity contribution in [1.82, 2.24) is 0 Å². The zero-order valence-electron chi connectivity index (χ0n) is 5.97. The van der Waals surface area contributed by atoms with E-state index in [-0.39, 0.29) is 6.61 Å². The molecular formula is C8H11ClO. The van der Waals surface area contributed by atoms with Crippen LogP contribution < -0.4 is 0 Å². The van der Waals surface area contributed by atoms with Gasteiger partial charge in [-0.3, -0.25) is 0 Å². The fourth-order valence-electron chi connectivity index (χ4n) is 0.438. The second-order valence-electron chi connectivity index (χ2n) is 1.80. The van der Waals surface area contributed by atoms with Gasteiger partial charge in [0.15, 0.2) is 0 Å². The summed E-state index contributed by atoms with van der Waals surface area (Å²) < 4.78 is 0. The SMILES string of the molecule is C=C(Cl)/C=C\C(=C/C)CO. The van der Waals surface area contributed by atoms with Gasteiger partial charge in [0, 0.05) is 5.03 Å². The van der Waals surface area contributed by atoms with E-state index in [0.717, 1.165) is 5.57 Å². The summed E-state index contributed by atoms with van der Waals surface area (Å²) >= 11 is 5.45. The van der Waals surface area contributed by atoms with Crippen LogP contribution in [0.1, 0.15) is 6.92 Å². The molecular weight excluding hydrogens is 148 g/mol. The summed E-state index contributed by atoms with van der Waals surface area (Å²) in [5, 5.41) is 9.11. The molecule has 0 aliphatic rings. The lowest BCUT2D eigenvalue weighted by Crippen LogP contribution is -1.83. The maximum atomic E-state index is 8.65. The Morgan fingerprint density at radius 3 is 2.50 bits per heavy atom. The highest BCUT2D eigenvalue weighted by molar-refractivity contribution is 6.30. The van der Waals surface area contributed by atoms with E-state index in [1.165, 1.54) is 0 Å². The molecule has 1 N–H and O–H groups in total. The van der Waals surface area contributed by atoms with E-state index in [1.807, 2.05) is 13.0 Å². The zero-order chi connectivity index (χ0) is 7.98. The average molecular weight is 159 g/mol. The molecule has 1 nitrogen and oxygen atoms in total. The van der Waals surface area contributed by atoms with Gasteiger partial charge in [-0.15, -0.1) is 0 Å². The second-order valence-corrected chi connectivity index (χ2v) is 2.29. The largest absolute Gasteiger partial charge is 0.392 e. The quantitative estimate of drug-likeness (QED) is 0.625. The van der Waals surface area contributed by atoms with Gasteiger partial charge >= 0.3 is 0 Å². The summed E-state index contributed by atoms with van der Waals surface area (Å²) in [4.78, 5) is 0. The summed E-state index contributed by atoms with van der Waals surface area (Å²) in [6, 6.07) is 0. The molecule has 0 spiro atoms. The third kappa shape index (κ3) is 4.36. The van der Waals surface area contributed by atoms with Gasteiger partial charge in [-0.25, -0.2) is 0 Å². The molecule has 0 heterocycles. The van der Waals surface area contributed by atoms with Crippen molar-refractivity contribution in [3.63, 3.8) is 0 Å². The third-order valence-corrected chi connectivity index (χ3v) is 1.16. The first-order chi connectivity index (χ1) is 4.70. The van der Waals surface area contributed by atoms with Crippen LogP contribution in [-0.4, -0.2) is 11.7 Å². The number of halogens is 1. The molecule has 0 saturated heterocycles. The van der Waals surface area contributed by atoms with E-state index in [9.17, 15) is 0 Å². The summed E-state index contributed by atoms with van der Waals surface area (Å²) in [7, 11) is 0. The van der Waals surface area contributed by atoms with E-state index >= 15 is 0 Å². The number of aliphatic hydroxyl groups is 1. The molecule has 0 aromatic carbocycles. The van der Waals surface area contributed by atoms with Crippen LogP contribution in [0.2, 0.25) is 0 Å². The minimum Gasteiger partial charge on any atom is -0.392 e. The number of rotatable bonds is 3. The number of allylic oxidation sites excluding steroid dienone is 3. The van der Waals surface area contributed by atoms with Crippen LogP contribution in [0.25, 0.3) is 0 Å². The minimum absolute atomic E-state index is 0.0389. The highest BCUT2D eigenvalue weighted by atomic mass is 35.5. The Morgan fingerprint density at radius 1 is 1.60 bits per heavy atom. The average Bonchev–Trinajstić information content (AvgIpc) is 1.90. The molecule has 0 aromatic heterocycles. The molecule has 0 atom stereocenters. The fourth-order valence-corrected chi connectivity index (χ4v) is 0.501. The molecule has 0 rings (SSSR count). The number of hydrogen-bond acceptors (Lipinski definition) is 1. The van der Waals surface area contributed by atoms with Gasteiger partial charge in [0.1, 0.15) is 0 Å². The van der Waals surface area contributed by atoms with Crippen LogP contribution in [0.3, 0.4) is 0 Å². The van der Waals surface area contributed by atoms with Crippen LogP contribution in [0.15, 0.2) is 35.4 Å². The Labute approximate surface area is 66.3 Å². The van der Waals surface area contributed by atoms with Crippen LogP contribution in [0.4, 0.5) is 0 Å². The molecule has 0 fully saturated rings. The van der Waals surface area contributed by atoms with Crippen molar-refractivity contribution in [3.05, 3.63) is 35.4 Å². The van der Waals surface area contributed by atoms with Gasteiger partial charge in [0.05, 0.1) is 6.61 Å². The molecule has 10 heavy (non-hydrogen) atoms. The highest BCUT2D eigenvalue weighted by Crippen LogP contribution is 2.02. The molecule has 0 radical (unpaired) electrons. The topological polar surface area (TPSA) is 20.2 Å². The zero-order valence-corrected chi connectivity index (χ0v) is 6.73. The first kappa shape index (κ1) is 9.47. The van der Waals surface area contributed by atoms with Gasteiger partial charge in [0.2, 0.25) is 0 Å². The highest BCUT2D eigenvalue weighted by Gasteiger charge is 1.84. The maximum Gasteiger partial charge on any atom is 0.0678 e. The van der Waals surface area contributed by atoms with Crippen LogP contribution in [-0.2, 0) is 0 Å². The van der Waals surface area contributed by atoms with Crippen molar-refractivity contribution in [2.75, 3.05) is 6.61 Å². The predicted molar refractivity (Wildman–Crippen MR) is 45.0 cm³/mol. The van der Waals surface area contributed by atoms with Crippen molar-refractivity contribution in [2.45, 2.75) is 6.92 Å². The summed E-state index contributed by atoms with van der Waals surface area (Å²) in [6.45, 7) is 5.36. The minimum atomic E-state index is 0.0389. The van der Waals surface area contributed by atoms with E-state index < -0.39 is 0 Å². The van der Waals surface area contributed by atoms with Crippen LogP contribution in [0, 0.1) is 0 Å². The van der Waals surface area contributed by atoms with Gasteiger partial charge in [-0.1, -0.05) is 30.3 Å². The fraction of sp³-hybridized carbons (Fsp3) is 0.250. The predicted octanol–water partition coefficient (Wildman–Crippen LogP) is 2.23. The van der Waals surface area contributed by atoms with Gasteiger partial charge in [0.25, 0.3) is 0 Å². The summed E-state index contributed by atoms with van der Waals surface area (Å²) in [6.07, 6.45) is 5.19. The van der Waals surface area contributed by atoms with Crippen molar-refractivity contribution in [1.29, 1.82) is 0 Å². The monoisotopic (exact) mass is 158 g/mol. The Hall–Kier alpha value is -0.530. The summed E-state index contributed by atoms with van der Waals surface area (Å²) in [5.41, 5.74) is 0.835. The molecule has 0 aliphatic carbocycles. The number of aliphatic hydroxyl groups excluding tert-OH is 1. The third-order valence-electron chi connectivity index (χ3n) is 1.03. The van der Waals surface area contributed by atoms with Crippen molar-refractivity contribution in [2.24, 2.45) is 0 Å². The van der Waals surface area contributed by atoms with E-state index in [4.69, 9.17) is 16.7 Å². The van der Waals surface area contributed by atoms with Gasteiger partial charge in [-0.05, 0) is 18.6 Å². The van der Waals surface area contributed by atoms with Crippen LogP contribution >= 0.6 is 11.6 Å². The molecule has 0 saturated carbocycles. The Bertz CT molecular complexity index is 168. The van der Waals surface area contributed by atoms with E-state index in [0.29, 0.717) is 5.03 Å². The first-order valence-corrected chi connectivity index (χ1v) is 3.37. The Morgan fingerprint density at radius 2 is 2.20 bits per heavy atom. The van der Waals surface area contributed by atoms with Crippen molar-refractivity contribution >= 4 is 11.6 Å². The molecule has 0 aliphatic heterocycles. The van der Waals surface area contributed by atoms with Gasteiger partial charge < -0.3 is 5.11 Å². The molecule has 2 heteroatoms. The summed E-state index contributed by atoms with van der Waals surface area (Å²) in [5.74, 6) is 0. The Kier molecular flexibility index (Phi) is 4.99. The molecule has 0 unspecified atom stereocenters. The maximum absolute atomic E-state index is 8.65. The smallest absolute Gasteiger partial charge is 0.0678 e. The number of hydrogen-bond donors (Lipinski definition) is 1. The lowest BCUT2D eigenvalue weighted by Gasteiger charge is -1.91. The second kappa shape index (κ2) is 5.27. The molecule has 0 amide bonds. The van der Waals surface area contributed by atoms with Crippen LogP contribution in [0.5, 0.6) is 0 Å². The standard InChI is InChI=1S/C8H11ClO/c1-3-8(6-10)5-4-7(2)9/h3-5,10H,2,6H2,1H3/b5-4-,8-3+. The van der Waals surface area contributed by atoms with Crippen molar-refractivity contribution < 1.29 is 5.11 Å². The molecule has 0 aromatic rings. The lowest BCUT2D eigenvalue weighted by atomic mass is 10.2. The van der Waals surface area contributed by atoms with E-state index in [2.05, 4.69) is 6.58 Å². The van der Waals surface area contributed by atoms with Crippen molar-refractivity contribution in [3.8, 4) is 0 Å². The van der Waals surface area contributed by atoms with Gasteiger partial charge in [-0.2, -0.15) is 0 Å². The normalized spacial score (nSPS) is 12.5. The first-order valence-electron chi connectivity index (χ1n) is 2.99. The Balaban J connectivity index is 3.98. The molecule has 0 bridgehead atoms. The van der Waals surface area contributed by atoms with E-state index in [1.54, 1.807) is 12.2 Å².